The molecule has 0 aliphatic rings. The van der Waals surface area contributed by atoms with Crippen molar-refractivity contribution in [2.45, 2.75) is 93.4 Å². The third kappa shape index (κ3) is 7.50. The molecule has 3 heteroatoms. The lowest BCUT2D eigenvalue weighted by molar-refractivity contribution is -0.143. The zero-order chi connectivity index (χ0) is 17.8. The summed E-state index contributed by atoms with van der Waals surface area (Å²) in [4.78, 5) is 11.7. The maximum atomic E-state index is 11.7. The summed E-state index contributed by atoms with van der Waals surface area (Å²) >= 11 is 0. The minimum Gasteiger partial charge on any atom is -0.507 e. The fourth-order valence-corrected chi connectivity index (χ4v) is 2.52. The predicted octanol–water partition coefficient (Wildman–Crippen LogP) is 6.15. The number of phenols is 1. The molecule has 0 saturated heterocycles. The molecular formula is C22H40O3. The van der Waals surface area contributed by atoms with Crippen LogP contribution in [0, 0.1) is 0 Å². The van der Waals surface area contributed by atoms with E-state index in [2.05, 4.69) is 41.5 Å². The second-order valence-electron chi connectivity index (χ2n) is 8.26. The zero-order valence-electron chi connectivity index (χ0n) is 15.7. The maximum Gasteiger partial charge on any atom is 0.306 e. The number of phenolic OH excluding ortho intramolecular Hbond substituents is 1. The molecule has 0 aliphatic heterocycles. The zero-order valence-corrected chi connectivity index (χ0v) is 15.7. The summed E-state index contributed by atoms with van der Waals surface area (Å²) in [5, 5.41) is 10.7. The molecule has 1 aromatic rings. The molecule has 0 unspecified atom stereocenters. The van der Waals surface area contributed by atoms with Crippen molar-refractivity contribution in [2.75, 3.05) is 6.61 Å². The average Bonchev–Trinajstić information content (AvgIpc) is 2.41. The SMILES string of the molecule is C.C.CCCOC(=O)CCc1cc(C(C)(C)C)c(O)c(C(C)(C)C)c1. The summed E-state index contributed by atoms with van der Waals surface area (Å²) < 4.78 is 5.14. The van der Waals surface area contributed by atoms with Crippen molar-refractivity contribution < 1.29 is 14.6 Å². The van der Waals surface area contributed by atoms with Crippen LogP contribution >= 0.6 is 0 Å². The Labute approximate surface area is 155 Å². The summed E-state index contributed by atoms with van der Waals surface area (Å²) in [6.07, 6.45) is 1.85. The van der Waals surface area contributed by atoms with Crippen LogP contribution in [0.3, 0.4) is 0 Å². The number of benzene rings is 1. The Kier molecular flexibility index (Phi) is 10.1. The third-order valence-corrected chi connectivity index (χ3v) is 3.87. The predicted molar refractivity (Wildman–Crippen MR) is 109 cm³/mol. The first-order chi connectivity index (χ1) is 10.5. The summed E-state index contributed by atoms with van der Waals surface area (Å²) in [6.45, 7) is 15.0. The lowest BCUT2D eigenvalue weighted by Crippen LogP contribution is -2.18. The molecule has 1 aromatic carbocycles. The van der Waals surface area contributed by atoms with E-state index in [9.17, 15) is 9.90 Å². The monoisotopic (exact) mass is 352 g/mol. The van der Waals surface area contributed by atoms with Gasteiger partial charge in [-0.3, -0.25) is 4.79 Å². The lowest BCUT2D eigenvalue weighted by Gasteiger charge is -2.28. The van der Waals surface area contributed by atoms with Crippen LogP contribution in [0.1, 0.15) is 92.9 Å². The van der Waals surface area contributed by atoms with E-state index in [-0.39, 0.29) is 31.7 Å². The van der Waals surface area contributed by atoms with Gasteiger partial charge < -0.3 is 9.84 Å². The summed E-state index contributed by atoms with van der Waals surface area (Å²) in [5.41, 5.74) is 2.64. The molecular weight excluding hydrogens is 312 g/mol. The number of carbonyl (C=O) groups excluding carboxylic acids is 1. The maximum absolute atomic E-state index is 11.7. The number of aryl methyl sites for hydroxylation is 1. The second-order valence-corrected chi connectivity index (χ2v) is 8.26. The van der Waals surface area contributed by atoms with Crippen LogP contribution in [0.15, 0.2) is 12.1 Å². The smallest absolute Gasteiger partial charge is 0.306 e. The Morgan fingerprint density at radius 2 is 1.44 bits per heavy atom. The number of rotatable bonds is 5. The fraction of sp³-hybridized carbons (Fsp3) is 0.682. The van der Waals surface area contributed by atoms with E-state index in [0.29, 0.717) is 25.2 Å². The van der Waals surface area contributed by atoms with Crippen molar-refractivity contribution in [3.63, 3.8) is 0 Å². The molecule has 0 aromatic heterocycles. The van der Waals surface area contributed by atoms with E-state index in [1.54, 1.807) is 0 Å². The van der Waals surface area contributed by atoms with Gasteiger partial charge in [0.25, 0.3) is 0 Å². The molecule has 0 spiro atoms. The molecule has 1 rings (SSSR count). The number of aromatic hydroxyl groups is 1. The Hall–Kier alpha value is -1.51. The van der Waals surface area contributed by atoms with Gasteiger partial charge in [0.1, 0.15) is 5.75 Å². The van der Waals surface area contributed by atoms with Gasteiger partial charge >= 0.3 is 5.97 Å². The normalized spacial score (nSPS) is 11.3. The highest BCUT2D eigenvalue weighted by atomic mass is 16.5. The van der Waals surface area contributed by atoms with Gasteiger partial charge in [-0.1, -0.05) is 75.5 Å². The van der Waals surface area contributed by atoms with E-state index in [0.717, 1.165) is 23.1 Å². The van der Waals surface area contributed by atoms with E-state index >= 15 is 0 Å². The molecule has 0 heterocycles. The summed E-state index contributed by atoms with van der Waals surface area (Å²) in [6, 6.07) is 4.05. The molecule has 0 amide bonds. The molecule has 1 N–H and O–H groups in total. The Morgan fingerprint density at radius 3 is 1.80 bits per heavy atom. The van der Waals surface area contributed by atoms with Crippen molar-refractivity contribution in [1.82, 2.24) is 0 Å². The number of hydrogen-bond donors (Lipinski definition) is 1. The van der Waals surface area contributed by atoms with Crippen molar-refractivity contribution in [3.05, 3.63) is 28.8 Å². The first-order valence-electron chi connectivity index (χ1n) is 8.49. The first kappa shape index (κ1) is 25.7. The highest BCUT2D eigenvalue weighted by Gasteiger charge is 2.26. The average molecular weight is 353 g/mol. The Bertz CT molecular complexity index is 510. The third-order valence-electron chi connectivity index (χ3n) is 3.87. The highest BCUT2D eigenvalue weighted by molar-refractivity contribution is 5.69. The number of hydrogen-bond acceptors (Lipinski definition) is 3. The van der Waals surface area contributed by atoms with Gasteiger partial charge in [-0.25, -0.2) is 0 Å². The van der Waals surface area contributed by atoms with Crippen molar-refractivity contribution in [1.29, 1.82) is 0 Å². The van der Waals surface area contributed by atoms with Crippen LogP contribution in [0.5, 0.6) is 5.75 Å². The summed E-state index contributed by atoms with van der Waals surface area (Å²) in [5.74, 6) is 0.219. The van der Waals surface area contributed by atoms with Gasteiger partial charge in [-0.05, 0) is 40.4 Å². The highest BCUT2D eigenvalue weighted by Crippen LogP contribution is 2.39. The van der Waals surface area contributed by atoms with Gasteiger partial charge in [-0.15, -0.1) is 0 Å². The first-order valence-corrected chi connectivity index (χ1v) is 8.49. The molecule has 3 nitrogen and oxygen atoms in total. The van der Waals surface area contributed by atoms with E-state index in [4.69, 9.17) is 4.74 Å². The van der Waals surface area contributed by atoms with Gasteiger partial charge in [0.05, 0.1) is 6.61 Å². The summed E-state index contributed by atoms with van der Waals surface area (Å²) in [7, 11) is 0. The van der Waals surface area contributed by atoms with Gasteiger partial charge in [0.15, 0.2) is 0 Å². The number of ether oxygens (including phenoxy) is 1. The van der Waals surface area contributed by atoms with Crippen LogP contribution in [0.2, 0.25) is 0 Å². The van der Waals surface area contributed by atoms with Crippen LogP contribution in [0.4, 0.5) is 0 Å². The van der Waals surface area contributed by atoms with Gasteiger partial charge in [0.2, 0.25) is 0 Å². The van der Waals surface area contributed by atoms with Crippen LogP contribution in [0.25, 0.3) is 0 Å². The quantitative estimate of drug-likeness (QED) is 0.647. The van der Waals surface area contributed by atoms with E-state index in [1.807, 2.05) is 19.1 Å². The van der Waals surface area contributed by atoms with Crippen LogP contribution in [-0.4, -0.2) is 17.7 Å². The van der Waals surface area contributed by atoms with Crippen LogP contribution in [-0.2, 0) is 26.8 Å². The lowest BCUT2D eigenvalue weighted by atomic mass is 9.78. The molecule has 0 fully saturated rings. The molecule has 0 atom stereocenters. The van der Waals surface area contributed by atoms with E-state index < -0.39 is 0 Å². The molecule has 0 saturated carbocycles. The second kappa shape index (κ2) is 9.84. The largest absolute Gasteiger partial charge is 0.507 e. The molecule has 25 heavy (non-hydrogen) atoms. The Morgan fingerprint density at radius 1 is 1.00 bits per heavy atom. The standard InChI is InChI=1S/C20H32O3.2CH4/c1-8-11-23-17(21)10-9-14-12-15(19(2,3)4)18(22)16(13-14)20(5,6)7;;/h12-13,22H,8-11H2,1-7H3;2*1H4. The van der Waals surface area contributed by atoms with Crippen LogP contribution < -0.4 is 0 Å². The van der Waals surface area contributed by atoms with Crippen molar-refractivity contribution >= 4 is 5.97 Å². The molecule has 146 valence electrons. The Balaban J connectivity index is 0. The van der Waals surface area contributed by atoms with E-state index in [1.165, 1.54) is 0 Å². The molecule has 0 bridgehead atoms. The topological polar surface area (TPSA) is 46.5 Å². The number of esters is 1. The fourth-order valence-electron chi connectivity index (χ4n) is 2.52. The molecule has 0 radical (unpaired) electrons. The van der Waals surface area contributed by atoms with Gasteiger partial charge in [0, 0.05) is 6.42 Å². The number of carbonyl (C=O) groups is 1. The van der Waals surface area contributed by atoms with Gasteiger partial charge in [-0.2, -0.15) is 0 Å². The van der Waals surface area contributed by atoms with Crippen molar-refractivity contribution in [2.24, 2.45) is 0 Å². The minimum atomic E-state index is -0.158. The molecule has 0 aliphatic carbocycles. The van der Waals surface area contributed by atoms with Crippen molar-refractivity contribution in [3.8, 4) is 5.75 Å². The minimum absolute atomic E-state index is 0.